The second kappa shape index (κ2) is 10.00. The van der Waals surface area contributed by atoms with E-state index in [4.69, 9.17) is 0 Å². The van der Waals surface area contributed by atoms with E-state index < -0.39 is 0 Å². The minimum absolute atomic E-state index is 0.277. The minimum Gasteiger partial charge on any atom is -0.241 e. The molecule has 0 N–H and O–H groups in total. The first kappa shape index (κ1) is 18.4. The van der Waals surface area contributed by atoms with E-state index in [-0.39, 0.29) is 5.95 Å². The van der Waals surface area contributed by atoms with E-state index in [0.29, 0.717) is 11.5 Å². The Morgan fingerprint density at radius 3 is 2.39 bits per heavy atom. The third-order valence-electron chi connectivity index (χ3n) is 5.29. The summed E-state index contributed by atoms with van der Waals surface area (Å²) in [6.45, 7) is 4.47. The fourth-order valence-electron chi connectivity index (χ4n) is 3.80. The zero-order chi connectivity index (χ0) is 16.5. The van der Waals surface area contributed by atoms with Crippen molar-refractivity contribution in [1.82, 2.24) is 9.97 Å². The van der Waals surface area contributed by atoms with Gasteiger partial charge in [-0.05, 0) is 44.4 Å². The molecule has 130 valence electrons. The van der Waals surface area contributed by atoms with Crippen LogP contribution in [-0.2, 0) is 6.42 Å². The van der Waals surface area contributed by atoms with E-state index in [1.807, 2.05) is 0 Å². The third-order valence-corrected chi connectivity index (χ3v) is 5.29. The van der Waals surface area contributed by atoms with Gasteiger partial charge in [0.15, 0.2) is 0 Å². The van der Waals surface area contributed by atoms with Crippen molar-refractivity contribution in [2.75, 3.05) is 0 Å². The molecule has 1 aromatic rings. The van der Waals surface area contributed by atoms with Crippen LogP contribution in [0.25, 0.3) is 0 Å². The highest BCUT2D eigenvalue weighted by Gasteiger charge is 2.24. The lowest BCUT2D eigenvalue weighted by Crippen LogP contribution is -2.16. The molecule has 0 atom stereocenters. The van der Waals surface area contributed by atoms with Crippen LogP contribution in [0.15, 0.2) is 6.20 Å². The van der Waals surface area contributed by atoms with Crippen molar-refractivity contribution in [3.8, 4) is 0 Å². The summed E-state index contributed by atoms with van der Waals surface area (Å²) < 4.78 is 14.2. The molecule has 0 radical (unpaired) electrons. The maximum atomic E-state index is 14.2. The van der Waals surface area contributed by atoms with Gasteiger partial charge in [0.25, 0.3) is 0 Å². The average molecular weight is 320 g/mol. The molecule has 0 aromatic carbocycles. The van der Waals surface area contributed by atoms with Crippen LogP contribution in [0.4, 0.5) is 4.39 Å². The maximum absolute atomic E-state index is 14.2. The number of halogens is 1. The van der Waals surface area contributed by atoms with E-state index in [2.05, 4.69) is 23.8 Å². The molecule has 0 saturated heterocycles. The van der Waals surface area contributed by atoms with E-state index in [1.54, 1.807) is 6.20 Å². The van der Waals surface area contributed by atoms with Gasteiger partial charge < -0.3 is 0 Å². The molecule has 1 aliphatic carbocycles. The molecular weight excluding hydrogens is 287 g/mol. The summed E-state index contributed by atoms with van der Waals surface area (Å²) in [4.78, 5) is 8.70. The molecule has 0 aliphatic heterocycles. The van der Waals surface area contributed by atoms with Gasteiger partial charge in [-0.15, -0.1) is 0 Å². The minimum atomic E-state index is -0.277. The van der Waals surface area contributed by atoms with Crippen molar-refractivity contribution >= 4 is 0 Å². The predicted octanol–water partition coefficient (Wildman–Crippen LogP) is 6.20. The Morgan fingerprint density at radius 2 is 1.74 bits per heavy atom. The first-order valence-electron chi connectivity index (χ1n) is 9.75. The van der Waals surface area contributed by atoms with Gasteiger partial charge in [0.2, 0.25) is 5.95 Å². The molecule has 2 nitrogen and oxygen atoms in total. The number of aromatic nitrogens is 2. The number of hydrogen-bond acceptors (Lipinski definition) is 2. The fourth-order valence-corrected chi connectivity index (χ4v) is 3.80. The first-order chi connectivity index (χ1) is 11.2. The Balaban J connectivity index is 1.82. The van der Waals surface area contributed by atoms with Crippen LogP contribution in [0.1, 0.15) is 102 Å². The van der Waals surface area contributed by atoms with Gasteiger partial charge in [-0.1, -0.05) is 52.4 Å². The van der Waals surface area contributed by atoms with Gasteiger partial charge in [0.05, 0.1) is 0 Å². The lowest BCUT2D eigenvalue weighted by Gasteiger charge is -2.27. The normalized spacial score (nSPS) is 21.5. The van der Waals surface area contributed by atoms with E-state index >= 15 is 0 Å². The third kappa shape index (κ3) is 5.86. The van der Waals surface area contributed by atoms with Crippen LogP contribution in [0.3, 0.4) is 0 Å². The molecule has 3 heteroatoms. The molecule has 0 unspecified atom stereocenters. The Bertz CT molecular complexity index is 453. The molecule has 2 rings (SSSR count). The monoisotopic (exact) mass is 320 g/mol. The summed E-state index contributed by atoms with van der Waals surface area (Å²) in [5.74, 6) is 1.70. The van der Waals surface area contributed by atoms with Crippen LogP contribution in [0.2, 0.25) is 0 Å². The van der Waals surface area contributed by atoms with E-state index in [0.717, 1.165) is 37.4 Å². The summed E-state index contributed by atoms with van der Waals surface area (Å²) in [7, 11) is 0. The zero-order valence-corrected chi connectivity index (χ0v) is 15.0. The van der Waals surface area contributed by atoms with Crippen LogP contribution >= 0.6 is 0 Å². The summed E-state index contributed by atoms with van der Waals surface area (Å²) in [5.41, 5.74) is 0.699. The number of hydrogen-bond donors (Lipinski definition) is 0. The average Bonchev–Trinajstić information content (AvgIpc) is 2.57. The first-order valence-corrected chi connectivity index (χ1v) is 9.75. The number of nitrogens with zero attached hydrogens (tertiary/aromatic N) is 2. The van der Waals surface area contributed by atoms with Crippen molar-refractivity contribution in [3.05, 3.63) is 23.5 Å². The van der Waals surface area contributed by atoms with Crippen LogP contribution in [0, 0.1) is 11.9 Å². The van der Waals surface area contributed by atoms with Crippen molar-refractivity contribution in [1.29, 1.82) is 0 Å². The van der Waals surface area contributed by atoms with Crippen molar-refractivity contribution in [3.63, 3.8) is 0 Å². The Kier molecular flexibility index (Phi) is 7.98. The lowest BCUT2D eigenvalue weighted by atomic mass is 9.80. The maximum Gasteiger partial charge on any atom is 0.219 e. The van der Waals surface area contributed by atoms with E-state index in [9.17, 15) is 4.39 Å². The van der Waals surface area contributed by atoms with Gasteiger partial charge in [-0.25, -0.2) is 9.97 Å². The van der Waals surface area contributed by atoms with Crippen molar-refractivity contribution in [2.45, 2.75) is 96.8 Å². The molecule has 1 saturated carbocycles. The van der Waals surface area contributed by atoms with Crippen molar-refractivity contribution < 1.29 is 4.39 Å². The molecule has 1 aliphatic rings. The summed E-state index contributed by atoms with van der Waals surface area (Å²) in [5, 5.41) is 0. The Labute approximate surface area is 141 Å². The topological polar surface area (TPSA) is 25.8 Å². The van der Waals surface area contributed by atoms with Gasteiger partial charge in [-0.3, -0.25) is 0 Å². The number of unbranched alkanes of at least 4 members (excludes halogenated alkanes) is 4. The summed E-state index contributed by atoms with van der Waals surface area (Å²) >= 11 is 0. The summed E-state index contributed by atoms with van der Waals surface area (Å²) in [6, 6.07) is 0. The van der Waals surface area contributed by atoms with Gasteiger partial charge in [0, 0.05) is 17.7 Å². The molecule has 0 amide bonds. The second-order valence-electron chi connectivity index (χ2n) is 7.21. The smallest absolute Gasteiger partial charge is 0.219 e. The van der Waals surface area contributed by atoms with Crippen LogP contribution in [0.5, 0.6) is 0 Å². The van der Waals surface area contributed by atoms with Crippen LogP contribution in [-0.4, -0.2) is 9.97 Å². The molecule has 0 bridgehead atoms. The molecule has 0 spiro atoms. The fraction of sp³-hybridized carbons (Fsp3) is 0.800. The molecule has 1 fully saturated rings. The highest BCUT2D eigenvalue weighted by atomic mass is 19.1. The lowest BCUT2D eigenvalue weighted by molar-refractivity contribution is 0.300. The molecule has 1 heterocycles. The summed E-state index contributed by atoms with van der Waals surface area (Å²) in [6.07, 6.45) is 15.9. The zero-order valence-electron chi connectivity index (χ0n) is 15.0. The standard InChI is InChI=1S/C20H33FN2/c1-3-5-6-7-8-10-18-15-22-20(23-19(18)21)17-13-11-16(9-4-2)12-14-17/h15-17H,3-14H2,1-2H3. The number of aryl methyl sites for hydroxylation is 1. The SMILES string of the molecule is CCCCCCCc1cnc(C2CCC(CCC)CC2)nc1F. The predicted molar refractivity (Wildman–Crippen MR) is 94.1 cm³/mol. The second-order valence-corrected chi connectivity index (χ2v) is 7.21. The quantitative estimate of drug-likeness (QED) is 0.400. The van der Waals surface area contributed by atoms with Gasteiger partial charge in [-0.2, -0.15) is 4.39 Å². The van der Waals surface area contributed by atoms with Gasteiger partial charge >= 0.3 is 0 Å². The number of rotatable bonds is 9. The molecule has 23 heavy (non-hydrogen) atoms. The highest BCUT2D eigenvalue weighted by molar-refractivity contribution is 5.10. The van der Waals surface area contributed by atoms with E-state index in [1.165, 1.54) is 51.4 Å². The van der Waals surface area contributed by atoms with Crippen LogP contribution < -0.4 is 0 Å². The largest absolute Gasteiger partial charge is 0.241 e. The van der Waals surface area contributed by atoms with Crippen molar-refractivity contribution in [2.24, 2.45) is 5.92 Å². The Morgan fingerprint density at radius 1 is 1.00 bits per heavy atom. The van der Waals surface area contributed by atoms with Gasteiger partial charge in [0.1, 0.15) is 5.82 Å². The molecule has 1 aromatic heterocycles. The Hall–Kier alpha value is -0.990. The highest BCUT2D eigenvalue weighted by Crippen LogP contribution is 2.36. The molecular formula is C20H33FN2.